The van der Waals surface area contributed by atoms with Crippen molar-refractivity contribution in [1.82, 2.24) is 0 Å². The fourth-order valence-electron chi connectivity index (χ4n) is 1.06. The van der Waals surface area contributed by atoms with E-state index < -0.39 is 0 Å². The molecule has 0 aliphatic heterocycles. The van der Waals surface area contributed by atoms with Crippen LogP contribution in [0.25, 0.3) is 0 Å². The average molecular weight is 151 g/mol. The van der Waals surface area contributed by atoms with Crippen LogP contribution in [0.4, 0.5) is 0 Å². The Labute approximate surface area is 67.0 Å². The first-order chi connectivity index (χ1) is 5.26. The van der Waals surface area contributed by atoms with Crippen molar-refractivity contribution in [2.24, 2.45) is 5.73 Å². The van der Waals surface area contributed by atoms with E-state index in [1.54, 1.807) is 7.11 Å². The standard InChI is InChI=1S/C9H13NO/c1-7-3-8(6-10)5-9(4-7)11-2/h3-5H,6,10H2,1-2H3. The van der Waals surface area contributed by atoms with Crippen LogP contribution < -0.4 is 10.5 Å². The Kier molecular flexibility index (Phi) is 2.49. The molecule has 1 aromatic carbocycles. The lowest BCUT2D eigenvalue weighted by atomic mass is 10.1. The number of aryl methyl sites for hydroxylation is 1. The zero-order chi connectivity index (χ0) is 8.27. The molecule has 0 fully saturated rings. The molecule has 0 saturated heterocycles. The van der Waals surface area contributed by atoms with Crippen molar-refractivity contribution in [1.29, 1.82) is 0 Å². The predicted octanol–water partition coefficient (Wildman–Crippen LogP) is 1.46. The molecule has 1 rings (SSSR count). The molecule has 11 heavy (non-hydrogen) atoms. The zero-order valence-electron chi connectivity index (χ0n) is 6.92. The van der Waals surface area contributed by atoms with Gasteiger partial charge in [0.15, 0.2) is 0 Å². The van der Waals surface area contributed by atoms with Crippen LogP contribution in [0, 0.1) is 6.92 Å². The molecule has 0 unspecified atom stereocenters. The van der Waals surface area contributed by atoms with Gasteiger partial charge in [0.1, 0.15) is 5.75 Å². The molecule has 2 N–H and O–H groups in total. The van der Waals surface area contributed by atoms with E-state index in [0.717, 1.165) is 11.3 Å². The van der Waals surface area contributed by atoms with Crippen LogP contribution in [-0.2, 0) is 6.54 Å². The summed E-state index contributed by atoms with van der Waals surface area (Å²) in [5.74, 6) is 0.880. The molecule has 0 atom stereocenters. The van der Waals surface area contributed by atoms with Gasteiger partial charge in [-0.25, -0.2) is 0 Å². The molecular weight excluding hydrogens is 138 g/mol. The third-order valence-corrected chi connectivity index (χ3v) is 1.58. The molecule has 0 radical (unpaired) electrons. The summed E-state index contributed by atoms with van der Waals surface area (Å²) in [4.78, 5) is 0. The molecule has 0 aliphatic carbocycles. The lowest BCUT2D eigenvalue weighted by Gasteiger charge is -2.03. The summed E-state index contributed by atoms with van der Waals surface area (Å²) in [6, 6.07) is 5.99. The Morgan fingerprint density at radius 2 is 2.09 bits per heavy atom. The first-order valence-electron chi connectivity index (χ1n) is 3.61. The van der Waals surface area contributed by atoms with E-state index in [4.69, 9.17) is 10.5 Å². The van der Waals surface area contributed by atoms with Gasteiger partial charge < -0.3 is 10.5 Å². The van der Waals surface area contributed by atoms with E-state index in [2.05, 4.69) is 6.07 Å². The van der Waals surface area contributed by atoms with E-state index in [9.17, 15) is 0 Å². The second-order valence-electron chi connectivity index (χ2n) is 2.56. The van der Waals surface area contributed by atoms with E-state index in [1.807, 2.05) is 19.1 Å². The molecule has 0 amide bonds. The van der Waals surface area contributed by atoms with Gasteiger partial charge in [-0.1, -0.05) is 6.07 Å². The van der Waals surface area contributed by atoms with Gasteiger partial charge in [-0.15, -0.1) is 0 Å². The maximum atomic E-state index is 5.49. The minimum atomic E-state index is 0.567. The van der Waals surface area contributed by atoms with Gasteiger partial charge in [-0.05, 0) is 30.2 Å². The monoisotopic (exact) mass is 151 g/mol. The van der Waals surface area contributed by atoms with Crippen molar-refractivity contribution < 1.29 is 4.74 Å². The van der Waals surface area contributed by atoms with Crippen LogP contribution in [0.5, 0.6) is 5.75 Å². The second-order valence-corrected chi connectivity index (χ2v) is 2.56. The molecule has 0 aliphatic rings. The number of hydrogen-bond donors (Lipinski definition) is 1. The minimum Gasteiger partial charge on any atom is -0.497 e. The van der Waals surface area contributed by atoms with Crippen LogP contribution in [0.1, 0.15) is 11.1 Å². The van der Waals surface area contributed by atoms with Crippen LogP contribution >= 0.6 is 0 Å². The fraction of sp³-hybridized carbons (Fsp3) is 0.333. The normalized spacial score (nSPS) is 9.73. The lowest BCUT2D eigenvalue weighted by Crippen LogP contribution is -1.97. The number of hydrogen-bond acceptors (Lipinski definition) is 2. The highest BCUT2D eigenvalue weighted by Crippen LogP contribution is 2.15. The highest BCUT2D eigenvalue weighted by atomic mass is 16.5. The summed E-state index contributed by atoms with van der Waals surface area (Å²) in [6.45, 7) is 2.60. The van der Waals surface area contributed by atoms with E-state index >= 15 is 0 Å². The molecule has 0 heterocycles. The summed E-state index contributed by atoms with van der Waals surface area (Å²) in [5.41, 5.74) is 7.78. The first kappa shape index (κ1) is 8.08. The van der Waals surface area contributed by atoms with Crippen LogP contribution in [0.3, 0.4) is 0 Å². The number of methoxy groups -OCH3 is 1. The highest BCUT2D eigenvalue weighted by molar-refractivity contribution is 5.33. The van der Waals surface area contributed by atoms with Gasteiger partial charge >= 0.3 is 0 Å². The molecule has 0 saturated carbocycles. The van der Waals surface area contributed by atoms with Gasteiger partial charge in [0.2, 0.25) is 0 Å². The molecule has 0 spiro atoms. The van der Waals surface area contributed by atoms with Gasteiger partial charge in [0.25, 0.3) is 0 Å². The van der Waals surface area contributed by atoms with Crippen LogP contribution in [0.15, 0.2) is 18.2 Å². The molecule has 2 heteroatoms. The summed E-state index contributed by atoms with van der Waals surface area (Å²) in [6.07, 6.45) is 0. The average Bonchev–Trinajstić information content (AvgIpc) is 2.03. The molecule has 0 aromatic heterocycles. The second kappa shape index (κ2) is 3.39. The van der Waals surface area contributed by atoms with E-state index in [0.29, 0.717) is 6.54 Å². The molecule has 0 bridgehead atoms. The van der Waals surface area contributed by atoms with Crippen molar-refractivity contribution in [3.8, 4) is 5.75 Å². The van der Waals surface area contributed by atoms with Crippen molar-refractivity contribution in [3.05, 3.63) is 29.3 Å². The van der Waals surface area contributed by atoms with Gasteiger partial charge in [0.05, 0.1) is 7.11 Å². The van der Waals surface area contributed by atoms with Gasteiger partial charge in [-0.3, -0.25) is 0 Å². The van der Waals surface area contributed by atoms with E-state index in [1.165, 1.54) is 5.56 Å². The molecule has 1 aromatic rings. The maximum absolute atomic E-state index is 5.49. The predicted molar refractivity (Wildman–Crippen MR) is 45.6 cm³/mol. The van der Waals surface area contributed by atoms with Crippen molar-refractivity contribution in [3.63, 3.8) is 0 Å². The Morgan fingerprint density at radius 3 is 2.64 bits per heavy atom. The topological polar surface area (TPSA) is 35.2 Å². The smallest absolute Gasteiger partial charge is 0.119 e. The summed E-state index contributed by atoms with van der Waals surface area (Å²) >= 11 is 0. The maximum Gasteiger partial charge on any atom is 0.119 e. The first-order valence-corrected chi connectivity index (χ1v) is 3.61. The highest BCUT2D eigenvalue weighted by Gasteiger charge is 1.95. The van der Waals surface area contributed by atoms with Crippen molar-refractivity contribution in [2.75, 3.05) is 7.11 Å². The van der Waals surface area contributed by atoms with Crippen LogP contribution in [0.2, 0.25) is 0 Å². The summed E-state index contributed by atoms with van der Waals surface area (Å²) in [7, 11) is 1.66. The zero-order valence-corrected chi connectivity index (χ0v) is 6.92. The lowest BCUT2D eigenvalue weighted by molar-refractivity contribution is 0.414. The Bertz CT molecular complexity index is 223. The van der Waals surface area contributed by atoms with Crippen molar-refractivity contribution in [2.45, 2.75) is 13.5 Å². The third-order valence-electron chi connectivity index (χ3n) is 1.58. The number of benzene rings is 1. The Hall–Kier alpha value is -1.02. The Balaban J connectivity index is 3.02. The minimum absolute atomic E-state index is 0.567. The molecule has 2 nitrogen and oxygen atoms in total. The molecule has 60 valence electrons. The fourth-order valence-corrected chi connectivity index (χ4v) is 1.06. The number of nitrogens with two attached hydrogens (primary N) is 1. The summed E-state index contributed by atoms with van der Waals surface area (Å²) in [5, 5.41) is 0. The number of rotatable bonds is 2. The Morgan fingerprint density at radius 1 is 1.36 bits per heavy atom. The van der Waals surface area contributed by atoms with E-state index in [-0.39, 0.29) is 0 Å². The van der Waals surface area contributed by atoms with Crippen LogP contribution in [-0.4, -0.2) is 7.11 Å². The largest absolute Gasteiger partial charge is 0.497 e. The van der Waals surface area contributed by atoms with Crippen molar-refractivity contribution >= 4 is 0 Å². The number of ether oxygens (including phenoxy) is 1. The quantitative estimate of drug-likeness (QED) is 0.694. The third kappa shape index (κ3) is 1.95. The molecular formula is C9H13NO. The summed E-state index contributed by atoms with van der Waals surface area (Å²) < 4.78 is 5.08. The van der Waals surface area contributed by atoms with Gasteiger partial charge in [-0.2, -0.15) is 0 Å². The SMILES string of the molecule is COc1cc(C)cc(CN)c1. The van der Waals surface area contributed by atoms with Gasteiger partial charge in [0, 0.05) is 6.54 Å².